The van der Waals surface area contributed by atoms with Crippen molar-refractivity contribution in [1.29, 1.82) is 0 Å². The SMILES string of the molecule is CCOc1ccc(CC(=O)N2CCC[C@H](c3ncncc3-c3cc(C)no3)C2)cc1. The van der Waals surface area contributed by atoms with Gasteiger partial charge in [-0.2, -0.15) is 0 Å². The van der Waals surface area contributed by atoms with Crippen LogP contribution >= 0.6 is 0 Å². The summed E-state index contributed by atoms with van der Waals surface area (Å²) in [7, 11) is 0. The Kier molecular flexibility index (Phi) is 6.07. The molecule has 0 unspecified atom stereocenters. The van der Waals surface area contributed by atoms with Crippen molar-refractivity contribution >= 4 is 5.91 Å². The number of carbonyl (C=O) groups is 1. The summed E-state index contributed by atoms with van der Waals surface area (Å²) < 4.78 is 10.9. The third-order valence-corrected chi connectivity index (χ3v) is 5.39. The van der Waals surface area contributed by atoms with Crippen LogP contribution < -0.4 is 4.74 Å². The predicted octanol–water partition coefficient (Wildman–Crippen LogP) is 3.79. The van der Waals surface area contributed by atoms with Crippen LogP contribution in [0.2, 0.25) is 0 Å². The second kappa shape index (κ2) is 9.07. The number of rotatable bonds is 6. The van der Waals surface area contributed by atoms with Crippen molar-refractivity contribution in [1.82, 2.24) is 20.0 Å². The Balaban J connectivity index is 1.46. The molecule has 1 aliphatic heterocycles. The van der Waals surface area contributed by atoms with Gasteiger partial charge in [-0.1, -0.05) is 17.3 Å². The highest BCUT2D eigenvalue weighted by atomic mass is 16.5. The van der Waals surface area contributed by atoms with Gasteiger partial charge in [0.15, 0.2) is 5.76 Å². The van der Waals surface area contributed by atoms with Gasteiger partial charge in [0, 0.05) is 31.3 Å². The molecule has 3 aromatic rings. The minimum Gasteiger partial charge on any atom is -0.494 e. The Morgan fingerprint density at radius 1 is 1.30 bits per heavy atom. The van der Waals surface area contributed by atoms with Crippen molar-refractivity contribution in [2.75, 3.05) is 19.7 Å². The summed E-state index contributed by atoms with van der Waals surface area (Å²) in [4.78, 5) is 23.6. The molecule has 4 rings (SSSR count). The van der Waals surface area contributed by atoms with Gasteiger partial charge in [-0.3, -0.25) is 4.79 Å². The summed E-state index contributed by atoms with van der Waals surface area (Å²) in [5.41, 5.74) is 3.57. The first kappa shape index (κ1) is 20.1. The molecule has 1 aliphatic rings. The number of ether oxygens (including phenoxy) is 1. The lowest BCUT2D eigenvalue weighted by Crippen LogP contribution is -2.40. The number of amides is 1. The molecule has 7 nitrogen and oxygen atoms in total. The fourth-order valence-corrected chi connectivity index (χ4v) is 3.93. The van der Waals surface area contributed by atoms with E-state index in [4.69, 9.17) is 9.26 Å². The number of aromatic nitrogens is 3. The maximum atomic E-state index is 12.9. The number of hydrogen-bond acceptors (Lipinski definition) is 6. The molecule has 0 aliphatic carbocycles. The zero-order valence-corrected chi connectivity index (χ0v) is 17.4. The van der Waals surface area contributed by atoms with Crippen LogP contribution in [0.25, 0.3) is 11.3 Å². The van der Waals surface area contributed by atoms with E-state index >= 15 is 0 Å². The van der Waals surface area contributed by atoms with Crippen molar-refractivity contribution < 1.29 is 14.1 Å². The predicted molar refractivity (Wildman–Crippen MR) is 112 cm³/mol. The molecule has 1 saturated heterocycles. The van der Waals surface area contributed by atoms with Gasteiger partial charge < -0.3 is 14.2 Å². The first-order chi connectivity index (χ1) is 14.6. The van der Waals surface area contributed by atoms with Crippen molar-refractivity contribution in [3.8, 4) is 17.1 Å². The summed E-state index contributed by atoms with van der Waals surface area (Å²) in [6.07, 6.45) is 5.63. The normalized spacial score (nSPS) is 16.5. The lowest BCUT2D eigenvalue weighted by atomic mass is 9.91. The van der Waals surface area contributed by atoms with Gasteiger partial charge in [-0.05, 0) is 44.4 Å². The van der Waals surface area contributed by atoms with Crippen LogP contribution in [0.5, 0.6) is 5.75 Å². The van der Waals surface area contributed by atoms with E-state index in [1.165, 1.54) is 0 Å². The topological polar surface area (TPSA) is 81.4 Å². The number of likely N-dealkylation sites (tertiary alicyclic amines) is 1. The number of nitrogens with zero attached hydrogens (tertiary/aromatic N) is 4. The second-order valence-corrected chi connectivity index (χ2v) is 7.59. The van der Waals surface area contributed by atoms with E-state index in [-0.39, 0.29) is 11.8 Å². The van der Waals surface area contributed by atoms with Crippen LogP contribution in [-0.2, 0) is 11.2 Å². The molecule has 2 aromatic heterocycles. The largest absolute Gasteiger partial charge is 0.494 e. The first-order valence-corrected chi connectivity index (χ1v) is 10.4. The molecule has 3 heterocycles. The molecule has 0 spiro atoms. The molecule has 1 atom stereocenters. The van der Waals surface area contributed by atoms with Crippen LogP contribution in [-0.4, -0.2) is 45.6 Å². The summed E-state index contributed by atoms with van der Waals surface area (Å²) >= 11 is 0. The highest BCUT2D eigenvalue weighted by Crippen LogP contribution is 2.33. The third kappa shape index (κ3) is 4.50. The summed E-state index contributed by atoms with van der Waals surface area (Å²) in [5.74, 6) is 1.77. The zero-order valence-electron chi connectivity index (χ0n) is 17.4. The summed E-state index contributed by atoms with van der Waals surface area (Å²) in [5, 5.41) is 3.98. The lowest BCUT2D eigenvalue weighted by Gasteiger charge is -2.33. The molecule has 1 amide bonds. The highest BCUT2D eigenvalue weighted by Gasteiger charge is 2.28. The van der Waals surface area contributed by atoms with Gasteiger partial charge in [-0.15, -0.1) is 0 Å². The Labute approximate surface area is 176 Å². The van der Waals surface area contributed by atoms with E-state index in [1.54, 1.807) is 12.5 Å². The van der Waals surface area contributed by atoms with E-state index in [0.717, 1.165) is 47.7 Å². The van der Waals surface area contributed by atoms with Crippen LogP contribution in [0.4, 0.5) is 0 Å². The van der Waals surface area contributed by atoms with Crippen molar-refractivity contribution in [3.05, 3.63) is 59.8 Å². The molecule has 30 heavy (non-hydrogen) atoms. The second-order valence-electron chi connectivity index (χ2n) is 7.59. The third-order valence-electron chi connectivity index (χ3n) is 5.39. The molecule has 0 saturated carbocycles. The summed E-state index contributed by atoms with van der Waals surface area (Å²) in [6.45, 7) is 5.89. The van der Waals surface area contributed by atoms with Crippen LogP contribution in [0.1, 0.15) is 42.6 Å². The fraction of sp³-hybridized carbons (Fsp3) is 0.391. The maximum Gasteiger partial charge on any atom is 0.227 e. The minimum atomic E-state index is 0.134. The Bertz CT molecular complexity index is 1000. The van der Waals surface area contributed by atoms with E-state index in [2.05, 4.69) is 15.1 Å². The molecular formula is C23H26N4O3. The monoisotopic (exact) mass is 406 g/mol. The number of carbonyl (C=O) groups excluding carboxylic acids is 1. The van der Waals surface area contributed by atoms with Crippen molar-refractivity contribution in [3.63, 3.8) is 0 Å². The Morgan fingerprint density at radius 3 is 2.87 bits per heavy atom. The standard InChI is InChI=1S/C23H26N4O3/c1-3-29-19-8-6-17(7-9-19)12-22(28)27-10-4-5-18(14-27)23-20(13-24-15-25-23)21-11-16(2)26-30-21/h6-9,11,13,15,18H,3-5,10,12,14H2,1-2H3/t18-/m0/s1. The average molecular weight is 406 g/mol. The molecular weight excluding hydrogens is 380 g/mol. The molecule has 1 aromatic carbocycles. The quantitative estimate of drug-likeness (QED) is 0.620. The van der Waals surface area contributed by atoms with Crippen molar-refractivity contribution in [2.45, 2.75) is 39.0 Å². The fourth-order valence-electron chi connectivity index (χ4n) is 3.93. The maximum absolute atomic E-state index is 12.9. The molecule has 0 bridgehead atoms. The van der Waals surface area contributed by atoms with Crippen molar-refractivity contribution in [2.24, 2.45) is 0 Å². The number of hydrogen-bond donors (Lipinski definition) is 0. The van der Waals surface area contributed by atoms with Gasteiger partial charge in [0.25, 0.3) is 0 Å². The minimum absolute atomic E-state index is 0.134. The van der Waals surface area contributed by atoms with Gasteiger partial charge >= 0.3 is 0 Å². The highest BCUT2D eigenvalue weighted by molar-refractivity contribution is 5.79. The summed E-state index contributed by atoms with van der Waals surface area (Å²) in [6, 6.07) is 9.63. The Morgan fingerprint density at radius 2 is 2.13 bits per heavy atom. The average Bonchev–Trinajstić information content (AvgIpc) is 3.21. The van der Waals surface area contributed by atoms with Gasteiger partial charge in [0.2, 0.25) is 5.91 Å². The van der Waals surface area contributed by atoms with E-state index in [1.807, 2.05) is 49.1 Å². The van der Waals surface area contributed by atoms with Gasteiger partial charge in [0.1, 0.15) is 12.1 Å². The van der Waals surface area contributed by atoms with Gasteiger partial charge in [-0.25, -0.2) is 9.97 Å². The number of benzene rings is 1. The van der Waals surface area contributed by atoms with Crippen LogP contribution in [0.3, 0.4) is 0 Å². The smallest absolute Gasteiger partial charge is 0.227 e. The zero-order chi connectivity index (χ0) is 20.9. The molecule has 1 fully saturated rings. The number of aryl methyl sites for hydroxylation is 1. The molecule has 0 N–H and O–H groups in total. The van der Waals surface area contributed by atoms with E-state index in [9.17, 15) is 4.79 Å². The number of piperidine rings is 1. The molecule has 0 radical (unpaired) electrons. The Hall–Kier alpha value is -3.22. The molecule has 156 valence electrons. The van der Waals surface area contributed by atoms with E-state index in [0.29, 0.717) is 25.3 Å². The lowest BCUT2D eigenvalue weighted by molar-refractivity contribution is -0.131. The molecule has 7 heteroatoms. The van der Waals surface area contributed by atoms with Crippen LogP contribution in [0.15, 0.2) is 47.4 Å². The first-order valence-electron chi connectivity index (χ1n) is 10.4. The van der Waals surface area contributed by atoms with Gasteiger partial charge in [0.05, 0.1) is 30.0 Å². The van der Waals surface area contributed by atoms with Crippen LogP contribution in [0, 0.1) is 6.92 Å². The van der Waals surface area contributed by atoms with E-state index < -0.39 is 0 Å².